The summed E-state index contributed by atoms with van der Waals surface area (Å²) in [5, 5.41) is 0.895. The second-order valence-corrected chi connectivity index (χ2v) is 9.61. The minimum absolute atomic E-state index is 0.145. The van der Waals surface area contributed by atoms with Crippen LogP contribution in [0.2, 0.25) is 0 Å². The molecule has 0 aliphatic carbocycles. The van der Waals surface area contributed by atoms with Crippen LogP contribution in [0.1, 0.15) is 5.56 Å². The van der Waals surface area contributed by atoms with Gasteiger partial charge in [-0.15, -0.1) is 0 Å². The van der Waals surface area contributed by atoms with E-state index in [0.29, 0.717) is 18.5 Å². The number of aromatic nitrogens is 3. The zero-order valence-electron chi connectivity index (χ0n) is 15.4. The number of nitrogens with one attached hydrogen (secondary N) is 1. The Labute approximate surface area is 175 Å². The van der Waals surface area contributed by atoms with Crippen molar-refractivity contribution in [3.05, 3.63) is 28.5 Å². The Kier molecular flexibility index (Phi) is 5.46. The first-order chi connectivity index (χ1) is 14.5. The maximum Gasteiger partial charge on any atom is 0.523 e. The van der Waals surface area contributed by atoms with E-state index in [2.05, 4.69) is 14.2 Å². The molecule has 2 aromatic rings. The van der Waals surface area contributed by atoms with E-state index in [0.717, 1.165) is 0 Å². The zero-order chi connectivity index (χ0) is 24.3. The summed E-state index contributed by atoms with van der Waals surface area (Å²) in [6, 6.07) is 0. The van der Waals surface area contributed by atoms with Crippen LogP contribution in [0, 0.1) is 6.92 Å². The number of aryl methyl sites for hydroxylation is 1. The molecule has 1 atom stereocenters. The van der Waals surface area contributed by atoms with Gasteiger partial charge in [0, 0.05) is 29.4 Å². The van der Waals surface area contributed by atoms with E-state index in [1.165, 1.54) is 13.1 Å². The first-order valence-electron chi connectivity index (χ1n) is 8.06. The van der Waals surface area contributed by atoms with Gasteiger partial charge in [0.15, 0.2) is 6.23 Å². The van der Waals surface area contributed by atoms with E-state index in [-0.39, 0.29) is 26.7 Å². The fraction of sp³-hybridized carbons (Fsp3) is 0.286. The summed E-state index contributed by atoms with van der Waals surface area (Å²) in [5.41, 5.74) is -6.28. The summed E-state index contributed by atoms with van der Waals surface area (Å²) in [6.07, 6.45) is 0.897. The maximum absolute atomic E-state index is 13.1. The second-order valence-electron chi connectivity index (χ2n) is 6.24. The molecule has 1 aliphatic rings. The third-order valence-electron chi connectivity index (χ3n) is 4.06. The van der Waals surface area contributed by atoms with Crippen LogP contribution >= 0.6 is 0 Å². The van der Waals surface area contributed by atoms with Crippen molar-refractivity contribution in [2.45, 2.75) is 24.2 Å². The summed E-state index contributed by atoms with van der Waals surface area (Å²) < 4.78 is 128. The van der Waals surface area contributed by atoms with Gasteiger partial charge in [0.05, 0.1) is 11.0 Å². The highest BCUT2D eigenvalue weighted by molar-refractivity contribution is 7.90. The Hall–Kier alpha value is -2.86. The van der Waals surface area contributed by atoms with Crippen LogP contribution < -0.4 is 21.6 Å². The number of nitrogens with two attached hydrogens (primary N) is 1. The Bertz CT molecular complexity index is 1410. The quantitative estimate of drug-likeness (QED) is 0.328. The van der Waals surface area contributed by atoms with Crippen molar-refractivity contribution in [3.63, 3.8) is 0 Å². The van der Waals surface area contributed by atoms with Crippen LogP contribution in [0.4, 0.5) is 32.3 Å². The summed E-state index contributed by atoms with van der Waals surface area (Å²) in [7, 11) is -12.1. The molecule has 0 spiro atoms. The molecule has 0 fully saturated rings. The number of hydrogen-bond acceptors (Lipinski definition) is 9. The van der Waals surface area contributed by atoms with Crippen LogP contribution in [0.5, 0.6) is 0 Å². The molecule has 0 saturated heterocycles. The lowest BCUT2D eigenvalue weighted by Gasteiger charge is -2.18. The Morgan fingerprint density at radius 1 is 1.12 bits per heavy atom. The van der Waals surface area contributed by atoms with Gasteiger partial charge in [-0.05, 0) is 18.6 Å². The van der Waals surface area contributed by atoms with Gasteiger partial charge in [0.1, 0.15) is 0 Å². The Morgan fingerprint density at radius 2 is 1.75 bits per heavy atom. The summed E-state index contributed by atoms with van der Waals surface area (Å²) in [4.78, 5) is 7.50. The van der Waals surface area contributed by atoms with Crippen molar-refractivity contribution < 1.29 is 47.4 Å². The maximum atomic E-state index is 13.1. The molecule has 1 aliphatic heterocycles. The third-order valence-corrected chi connectivity index (χ3v) is 6.50. The first kappa shape index (κ1) is 23.8. The molecule has 3 N–H and O–H groups in total. The lowest BCUT2D eigenvalue weighted by molar-refractivity contribution is -0.0560. The molecule has 0 bridgehead atoms. The van der Waals surface area contributed by atoms with E-state index in [1.807, 2.05) is 5.32 Å². The average Bonchev–Trinajstić information content (AvgIpc) is 3.01. The first-order valence-corrected chi connectivity index (χ1v) is 10.9. The fourth-order valence-corrected chi connectivity index (χ4v) is 4.03. The largest absolute Gasteiger partial charge is 0.523 e. The molecule has 0 amide bonds. The van der Waals surface area contributed by atoms with E-state index < -0.39 is 48.0 Å². The zero-order valence-corrected chi connectivity index (χ0v) is 17.1. The van der Waals surface area contributed by atoms with Crippen LogP contribution in [-0.2, 0) is 24.3 Å². The minimum atomic E-state index is -6.10. The monoisotopic (exact) mass is 507 g/mol. The summed E-state index contributed by atoms with van der Waals surface area (Å²) in [5.74, 6) is -0.337. The second kappa shape index (κ2) is 7.34. The molecule has 10 nitrogen and oxygen atoms in total. The lowest BCUT2D eigenvalue weighted by atomic mass is 10.1. The molecule has 32 heavy (non-hydrogen) atoms. The highest BCUT2D eigenvalue weighted by Crippen LogP contribution is 2.28. The number of halogens is 6. The molecule has 18 heteroatoms. The molecule has 2 aromatic heterocycles. The molecular weight excluding hydrogens is 496 g/mol. The molecule has 0 radical (unpaired) electrons. The molecular formula is C14H11F6N5O5S2. The molecule has 1 unspecified atom stereocenters. The minimum Gasteiger partial charge on any atom is -0.368 e. The van der Waals surface area contributed by atoms with E-state index in [9.17, 15) is 43.2 Å². The van der Waals surface area contributed by atoms with Gasteiger partial charge >= 0.3 is 31.2 Å². The van der Waals surface area contributed by atoms with Gasteiger partial charge in [0.25, 0.3) is 0 Å². The van der Waals surface area contributed by atoms with Gasteiger partial charge in [-0.2, -0.15) is 43.2 Å². The number of rotatable bonds is 4. The van der Waals surface area contributed by atoms with Crippen LogP contribution in [0.15, 0.2) is 12.4 Å². The SMILES string of the molecule is Cc1cnc(N)nc1-c1cn(S(=O)(=O)C(F)(F)F)c2c1=CC(OS(=O)(=O)C(F)(F)F)NC=2. The predicted molar refractivity (Wildman–Crippen MR) is 96.1 cm³/mol. The van der Waals surface area contributed by atoms with Crippen molar-refractivity contribution in [3.8, 4) is 11.3 Å². The van der Waals surface area contributed by atoms with Crippen molar-refractivity contribution in [2.24, 2.45) is 0 Å². The topological polar surface area (TPSA) is 146 Å². The number of fused-ring (bicyclic) bond motifs is 1. The summed E-state index contributed by atoms with van der Waals surface area (Å²) >= 11 is 0. The van der Waals surface area contributed by atoms with Crippen molar-refractivity contribution >= 4 is 38.4 Å². The molecule has 3 heterocycles. The number of hydrogen-bond donors (Lipinski definition) is 2. The van der Waals surface area contributed by atoms with E-state index >= 15 is 0 Å². The normalized spacial score (nSPS) is 17.2. The van der Waals surface area contributed by atoms with Gasteiger partial charge in [-0.25, -0.2) is 18.1 Å². The highest BCUT2D eigenvalue weighted by Gasteiger charge is 2.49. The Morgan fingerprint density at radius 3 is 2.31 bits per heavy atom. The van der Waals surface area contributed by atoms with E-state index in [1.54, 1.807) is 0 Å². The number of nitrogen functional groups attached to an aromatic ring is 1. The molecule has 0 saturated carbocycles. The standard InChI is InChI=1S/C14H11F6N5O5S2/c1-6-3-23-12(21)24-11(6)8-5-25(31(26,27)13(15,16)17)9-4-22-10(2-7(8)9)30-32(28,29)14(18,19)20/h2-5,10,22H,1H3,(H2,21,23,24). The molecule has 176 valence electrons. The van der Waals surface area contributed by atoms with Crippen LogP contribution in [0.3, 0.4) is 0 Å². The average molecular weight is 507 g/mol. The van der Waals surface area contributed by atoms with Crippen LogP contribution in [-0.4, -0.2) is 48.0 Å². The number of anilines is 1. The lowest BCUT2D eigenvalue weighted by Crippen LogP contribution is -2.46. The number of alkyl halides is 6. The van der Waals surface area contributed by atoms with E-state index in [4.69, 9.17) is 5.73 Å². The van der Waals surface area contributed by atoms with Gasteiger partial charge in [-0.3, -0.25) is 0 Å². The van der Waals surface area contributed by atoms with Gasteiger partial charge < -0.3 is 11.1 Å². The van der Waals surface area contributed by atoms with Crippen molar-refractivity contribution in [2.75, 3.05) is 5.73 Å². The fourth-order valence-electron chi connectivity index (χ4n) is 2.66. The van der Waals surface area contributed by atoms with Gasteiger partial charge in [0.2, 0.25) is 5.95 Å². The smallest absolute Gasteiger partial charge is 0.368 e. The van der Waals surface area contributed by atoms with Crippen LogP contribution in [0.25, 0.3) is 23.5 Å². The highest BCUT2D eigenvalue weighted by atomic mass is 32.2. The summed E-state index contributed by atoms with van der Waals surface area (Å²) in [6.45, 7) is 1.41. The number of nitrogens with zero attached hydrogens (tertiary/aromatic N) is 3. The Balaban J connectivity index is 2.31. The predicted octanol–water partition coefficient (Wildman–Crippen LogP) is -0.153. The van der Waals surface area contributed by atoms with Gasteiger partial charge in [-0.1, -0.05) is 0 Å². The third kappa shape index (κ3) is 3.99. The van der Waals surface area contributed by atoms with Crippen molar-refractivity contribution in [1.29, 1.82) is 0 Å². The van der Waals surface area contributed by atoms with Crippen molar-refractivity contribution in [1.82, 2.24) is 19.3 Å². The molecule has 3 rings (SSSR count). The molecule has 0 aromatic carbocycles.